The maximum atomic E-state index is 13.0. The second-order valence-corrected chi connectivity index (χ2v) is 7.74. The SMILES string of the molecule is COc1ccc([C@@H](CC(C)C)NS(=O)(=O)c2ccc(F)cc2)cc1. The van der Waals surface area contributed by atoms with Crippen LogP contribution < -0.4 is 9.46 Å². The van der Waals surface area contributed by atoms with Gasteiger partial charge in [0, 0.05) is 6.04 Å². The van der Waals surface area contributed by atoms with Crippen LogP contribution in [0.4, 0.5) is 4.39 Å². The third-order valence-corrected chi connectivity index (χ3v) is 5.13. The molecule has 2 aromatic rings. The lowest BCUT2D eigenvalue weighted by atomic mass is 9.98. The smallest absolute Gasteiger partial charge is 0.241 e. The molecule has 4 nitrogen and oxygen atoms in total. The second kappa shape index (κ2) is 7.77. The first kappa shape index (κ1) is 18.4. The molecule has 0 unspecified atom stereocenters. The van der Waals surface area contributed by atoms with E-state index in [1.165, 1.54) is 12.1 Å². The Morgan fingerprint density at radius 1 is 1.04 bits per heavy atom. The summed E-state index contributed by atoms with van der Waals surface area (Å²) in [4.78, 5) is 0.0474. The standard InChI is InChI=1S/C18H22FNO3S/c1-13(2)12-18(14-4-8-16(23-3)9-5-14)20-24(21,22)17-10-6-15(19)7-11-17/h4-11,13,18,20H,12H2,1-3H3/t18-/m1/s1. The van der Waals surface area contributed by atoms with Crippen molar-refractivity contribution < 1.29 is 17.5 Å². The van der Waals surface area contributed by atoms with Crippen LogP contribution in [0.2, 0.25) is 0 Å². The number of methoxy groups -OCH3 is 1. The molecule has 130 valence electrons. The predicted molar refractivity (Wildman–Crippen MR) is 91.9 cm³/mol. The Bertz CT molecular complexity index is 756. The van der Waals surface area contributed by atoms with Gasteiger partial charge in [0.05, 0.1) is 12.0 Å². The highest BCUT2D eigenvalue weighted by Crippen LogP contribution is 2.25. The van der Waals surface area contributed by atoms with Gasteiger partial charge in [0.2, 0.25) is 10.0 Å². The number of sulfonamides is 1. The zero-order valence-electron chi connectivity index (χ0n) is 14.0. The van der Waals surface area contributed by atoms with Gasteiger partial charge in [-0.25, -0.2) is 17.5 Å². The maximum absolute atomic E-state index is 13.0. The molecule has 0 saturated heterocycles. The summed E-state index contributed by atoms with van der Waals surface area (Å²) < 4.78 is 46.0. The largest absolute Gasteiger partial charge is 0.497 e. The van der Waals surface area contributed by atoms with E-state index in [2.05, 4.69) is 4.72 Å². The van der Waals surface area contributed by atoms with E-state index in [-0.39, 0.29) is 10.9 Å². The Kier molecular flexibility index (Phi) is 5.96. The molecular weight excluding hydrogens is 329 g/mol. The van der Waals surface area contributed by atoms with Crippen molar-refractivity contribution in [3.05, 3.63) is 59.9 Å². The van der Waals surface area contributed by atoms with Crippen LogP contribution in [0.5, 0.6) is 5.75 Å². The summed E-state index contributed by atoms with van der Waals surface area (Å²) in [6, 6.07) is 11.7. The highest BCUT2D eigenvalue weighted by molar-refractivity contribution is 7.89. The second-order valence-electron chi connectivity index (χ2n) is 6.03. The lowest BCUT2D eigenvalue weighted by Gasteiger charge is -2.21. The number of hydrogen-bond acceptors (Lipinski definition) is 3. The van der Waals surface area contributed by atoms with Crippen LogP contribution in [-0.4, -0.2) is 15.5 Å². The topological polar surface area (TPSA) is 55.4 Å². The van der Waals surface area contributed by atoms with Gasteiger partial charge in [0.1, 0.15) is 11.6 Å². The molecule has 1 N–H and O–H groups in total. The fourth-order valence-corrected chi connectivity index (χ4v) is 3.67. The highest BCUT2D eigenvalue weighted by atomic mass is 32.2. The molecule has 0 aliphatic rings. The van der Waals surface area contributed by atoms with Gasteiger partial charge < -0.3 is 4.74 Å². The lowest BCUT2D eigenvalue weighted by molar-refractivity contribution is 0.414. The number of nitrogens with one attached hydrogen (secondary N) is 1. The quantitative estimate of drug-likeness (QED) is 0.823. The number of rotatable bonds is 7. The van der Waals surface area contributed by atoms with Crippen molar-refractivity contribution in [2.45, 2.75) is 31.2 Å². The average molecular weight is 351 g/mol. The average Bonchev–Trinajstić information content (AvgIpc) is 2.54. The molecule has 0 radical (unpaired) electrons. The Morgan fingerprint density at radius 2 is 1.62 bits per heavy atom. The molecule has 1 atom stereocenters. The van der Waals surface area contributed by atoms with E-state index in [0.717, 1.165) is 17.7 Å². The molecule has 2 rings (SSSR count). The first-order valence-electron chi connectivity index (χ1n) is 7.73. The predicted octanol–water partition coefficient (Wildman–Crippen LogP) is 3.90. The van der Waals surface area contributed by atoms with Crippen LogP contribution in [0.1, 0.15) is 31.9 Å². The summed E-state index contributed by atoms with van der Waals surface area (Å²) in [6.07, 6.45) is 0.646. The fraction of sp³-hybridized carbons (Fsp3) is 0.333. The van der Waals surface area contributed by atoms with Gasteiger partial charge in [0.15, 0.2) is 0 Å². The van der Waals surface area contributed by atoms with Crippen LogP contribution in [0.15, 0.2) is 53.4 Å². The van der Waals surface area contributed by atoms with Gasteiger partial charge in [-0.3, -0.25) is 0 Å². The third-order valence-electron chi connectivity index (χ3n) is 3.65. The zero-order valence-corrected chi connectivity index (χ0v) is 14.8. The molecule has 0 bridgehead atoms. The lowest BCUT2D eigenvalue weighted by Crippen LogP contribution is -2.29. The van der Waals surface area contributed by atoms with Crippen molar-refractivity contribution >= 4 is 10.0 Å². The van der Waals surface area contributed by atoms with Gasteiger partial charge in [-0.05, 0) is 54.3 Å². The molecule has 6 heteroatoms. The Balaban J connectivity index is 2.28. The normalized spacial score (nSPS) is 13.0. The summed E-state index contributed by atoms with van der Waals surface area (Å²) in [7, 11) is -2.15. The third kappa shape index (κ3) is 4.79. The number of benzene rings is 2. The van der Waals surface area contributed by atoms with Gasteiger partial charge in [0.25, 0.3) is 0 Å². The highest BCUT2D eigenvalue weighted by Gasteiger charge is 2.22. The van der Waals surface area contributed by atoms with E-state index in [1.54, 1.807) is 19.2 Å². The van der Waals surface area contributed by atoms with Crippen LogP contribution >= 0.6 is 0 Å². The van der Waals surface area contributed by atoms with Gasteiger partial charge in [-0.2, -0.15) is 0 Å². The summed E-state index contributed by atoms with van der Waals surface area (Å²) >= 11 is 0. The summed E-state index contributed by atoms with van der Waals surface area (Å²) in [6.45, 7) is 4.06. The number of ether oxygens (including phenoxy) is 1. The van der Waals surface area contributed by atoms with Crippen molar-refractivity contribution in [1.29, 1.82) is 0 Å². The minimum Gasteiger partial charge on any atom is -0.497 e. The maximum Gasteiger partial charge on any atom is 0.241 e. The minimum absolute atomic E-state index is 0.0474. The molecule has 0 amide bonds. The first-order valence-corrected chi connectivity index (χ1v) is 9.22. The van der Waals surface area contributed by atoms with Crippen LogP contribution in [0.25, 0.3) is 0 Å². The van der Waals surface area contributed by atoms with Crippen molar-refractivity contribution in [2.24, 2.45) is 5.92 Å². The van der Waals surface area contributed by atoms with Crippen molar-refractivity contribution in [3.63, 3.8) is 0 Å². The van der Waals surface area contributed by atoms with E-state index >= 15 is 0 Å². The number of halogens is 1. The van der Waals surface area contributed by atoms with Crippen molar-refractivity contribution in [3.8, 4) is 5.75 Å². The molecule has 0 aliphatic heterocycles. The number of hydrogen-bond donors (Lipinski definition) is 1. The Morgan fingerprint density at radius 3 is 2.12 bits per heavy atom. The molecule has 0 spiro atoms. The molecule has 0 saturated carbocycles. The Hall–Kier alpha value is -1.92. The molecule has 24 heavy (non-hydrogen) atoms. The van der Waals surface area contributed by atoms with Crippen molar-refractivity contribution in [2.75, 3.05) is 7.11 Å². The van der Waals surface area contributed by atoms with Crippen LogP contribution in [0, 0.1) is 11.7 Å². The van der Waals surface area contributed by atoms with Gasteiger partial charge in [-0.15, -0.1) is 0 Å². The molecule has 0 heterocycles. The first-order chi connectivity index (χ1) is 11.3. The molecule has 0 aliphatic carbocycles. The molecule has 2 aromatic carbocycles. The zero-order chi connectivity index (χ0) is 17.7. The van der Waals surface area contributed by atoms with E-state index in [9.17, 15) is 12.8 Å². The minimum atomic E-state index is -3.73. The van der Waals surface area contributed by atoms with Gasteiger partial charge in [-0.1, -0.05) is 26.0 Å². The van der Waals surface area contributed by atoms with E-state index in [0.29, 0.717) is 18.1 Å². The monoisotopic (exact) mass is 351 g/mol. The van der Waals surface area contributed by atoms with E-state index in [1.807, 2.05) is 26.0 Å². The summed E-state index contributed by atoms with van der Waals surface area (Å²) in [5.41, 5.74) is 0.857. The van der Waals surface area contributed by atoms with E-state index < -0.39 is 15.8 Å². The summed E-state index contributed by atoms with van der Waals surface area (Å²) in [5.74, 6) is 0.541. The van der Waals surface area contributed by atoms with E-state index in [4.69, 9.17) is 4.74 Å². The molecular formula is C18H22FNO3S. The summed E-state index contributed by atoms with van der Waals surface area (Å²) in [5, 5.41) is 0. The molecule has 0 aromatic heterocycles. The van der Waals surface area contributed by atoms with Crippen molar-refractivity contribution in [1.82, 2.24) is 4.72 Å². The fourth-order valence-electron chi connectivity index (χ4n) is 2.43. The van der Waals surface area contributed by atoms with Crippen LogP contribution in [0.3, 0.4) is 0 Å². The molecule has 0 fully saturated rings. The Labute approximate surface area is 142 Å². The van der Waals surface area contributed by atoms with Gasteiger partial charge >= 0.3 is 0 Å². The van der Waals surface area contributed by atoms with Crippen LogP contribution in [-0.2, 0) is 10.0 Å².